The van der Waals surface area contributed by atoms with Crippen LogP contribution in [0.5, 0.6) is 0 Å². The van der Waals surface area contributed by atoms with E-state index in [2.05, 4.69) is 32.4 Å². The van der Waals surface area contributed by atoms with Crippen LogP contribution in [0.15, 0.2) is 12.2 Å². The molecular weight excluding hydrogens is 204 g/mol. The highest BCUT2D eigenvalue weighted by Gasteiger charge is 1.92. The summed E-state index contributed by atoms with van der Waals surface area (Å²) in [4.78, 5) is 0. The predicted octanol–water partition coefficient (Wildman–Crippen LogP) is 6.47. The topological polar surface area (TPSA) is 0 Å². The van der Waals surface area contributed by atoms with Crippen molar-refractivity contribution in [2.45, 2.75) is 90.9 Å². The lowest BCUT2D eigenvalue weighted by atomic mass is 10.0. The fourth-order valence-corrected chi connectivity index (χ4v) is 2.16. The Morgan fingerprint density at radius 2 is 1.12 bits per heavy atom. The van der Waals surface area contributed by atoms with Gasteiger partial charge in [0, 0.05) is 0 Å². The van der Waals surface area contributed by atoms with Crippen LogP contribution >= 0.6 is 0 Å². The Bertz CT molecular complexity index is 146. The third kappa shape index (κ3) is 15.7. The summed E-state index contributed by atoms with van der Waals surface area (Å²) in [6.07, 6.45) is 23.6. The van der Waals surface area contributed by atoms with E-state index in [4.69, 9.17) is 0 Å². The van der Waals surface area contributed by atoms with Crippen LogP contribution in [0, 0.1) is 6.42 Å². The van der Waals surface area contributed by atoms with Gasteiger partial charge in [0.1, 0.15) is 0 Å². The molecule has 0 unspecified atom stereocenters. The van der Waals surface area contributed by atoms with Crippen molar-refractivity contribution in [2.24, 2.45) is 0 Å². The molecule has 0 spiro atoms. The monoisotopic (exact) mass is 237 g/mol. The lowest BCUT2D eigenvalue weighted by Crippen LogP contribution is -1.82. The molecule has 0 aliphatic heterocycles. The lowest BCUT2D eigenvalue weighted by molar-refractivity contribution is 0.549. The first-order valence-corrected chi connectivity index (χ1v) is 7.86. The smallest absolute Gasteiger partial charge is 0.0171 e. The van der Waals surface area contributed by atoms with E-state index in [-0.39, 0.29) is 0 Å². The second-order valence-corrected chi connectivity index (χ2v) is 5.09. The van der Waals surface area contributed by atoms with Crippen LogP contribution < -0.4 is 0 Å². The van der Waals surface area contributed by atoms with Gasteiger partial charge < -0.3 is 0 Å². The minimum absolute atomic E-state index is 1.27. The third-order valence-electron chi connectivity index (χ3n) is 3.30. The molecule has 0 rings (SSSR count). The zero-order valence-corrected chi connectivity index (χ0v) is 12.2. The van der Waals surface area contributed by atoms with Crippen molar-refractivity contribution < 1.29 is 0 Å². The van der Waals surface area contributed by atoms with Crippen LogP contribution in [-0.2, 0) is 0 Å². The van der Waals surface area contributed by atoms with E-state index in [0.717, 1.165) is 0 Å². The molecule has 101 valence electrons. The highest BCUT2D eigenvalue weighted by atomic mass is 14.0. The molecule has 1 radical (unpaired) electrons. The first-order chi connectivity index (χ1) is 8.41. The second-order valence-electron chi connectivity index (χ2n) is 5.09. The molecular formula is C17H33. The summed E-state index contributed by atoms with van der Waals surface area (Å²) in [5.74, 6) is 0. The average molecular weight is 237 g/mol. The quantitative estimate of drug-likeness (QED) is 0.322. The fourth-order valence-electron chi connectivity index (χ4n) is 2.16. The highest BCUT2D eigenvalue weighted by molar-refractivity contribution is 4.91. The maximum atomic E-state index is 2.29. The van der Waals surface area contributed by atoms with Crippen molar-refractivity contribution in [3.8, 4) is 0 Å². The van der Waals surface area contributed by atoms with E-state index < -0.39 is 0 Å². The SMILES string of the molecule is CC=C[CH]CCCCCCCCCCCCC. The Morgan fingerprint density at radius 1 is 0.647 bits per heavy atom. The van der Waals surface area contributed by atoms with E-state index in [1.807, 2.05) is 0 Å². The Kier molecular flexibility index (Phi) is 15.5. The van der Waals surface area contributed by atoms with Crippen molar-refractivity contribution in [2.75, 3.05) is 0 Å². The van der Waals surface area contributed by atoms with Crippen LogP contribution in [0.4, 0.5) is 0 Å². The van der Waals surface area contributed by atoms with Crippen molar-refractivity contribution in [3.05, 3.63) is 18.6 Å². The van der Waals surface area contributed by atoms with Gasteiger partial charge in [-0.05, 0) is 19.8 Å². The van der Waals surface area contributed by atoms with Gasteiger partial charge in [0.05, 0.1) is 0 Å². The number of hydrogen-bond acceptors (Lipinski definition) is 0. The molecule has 0 amide bonds. The van der Waals surface area contributed by atoms with Crippen molar-refractivity contribution >= 4 is 0 Å². The maximum Gasteiger partial charge on any atom is -0.0171 e. The molecule has 0 atom stereocenters. The summed E-state index contributed by atoms with van der Waals surface area (Å²) in [5.41, 5.74) is 0. The van der Waals surface area contributed by atoms with Gasteiger partial charge in [0.25, 0.3) is 0 Å². The molecule has 0 aliphatic rings. The van der Waals surface area contributed by atoms with Gasteiger partial charge >= 0.3 is 0 Å². The number of unbranched alkanes of at least 4 members (excludes halogenated alkanes) is 12. The molecule has 0 heterocycles. The van der Waals surface area contributed by atoms with Gasteiger partial charge in [0.2, 0.25) is 0 Å². The summed E-state index contributed by atoms with van der Waals surface area (Å²) in [7, 11) is 0. The minimum atomic E-state index is 1.27. The lowest BCUT2D eigenvalue weighted by Gasteiger charge is -2.02. The van der Waals surface area contributed by atoms with Gasteiger partial charge in [0.15, 0.2) is 0 Å². The fraction of sp³-hybridized carbons (Fsp3) is 0.824. The summed E-state index contributed by atoms with van der Waals surface area (Å²) in [6.45, 7) is 4.37. The number of rotatable bonds is 13. The van der Waals surface area contributed by atoms with E-state index in [0.29, 0.717) is 0 Å². The standard InChI is InChI=1S/C17H33/c1-3-5-7-9-11-13-15-17-16-14-12-10-8-6-4-2/h3,5,7H,4,6,8-17H2,1-2H3. The van der Waals surface area contributed by atoms with Crippen molar-refractivity contribution in [3.63, 3.8) is 0 Å². The zero-order valence-electron chi connectivity index (χ0n) is 12.2. The Labute approximate surface area is 110 Å². The number of hydrogen-bond donors (Lipinski definition) is 0. The molecule has 0 aliphatic carbocycles. The highest BCUT2D eigenvalue weighted by Crippen LogP contribution is 2.12. The molecule has 0 saturated heterocycles. The average Bonchev–Trinajstić information content (AvgIpc) is 2.35. The van der Waals surface area contributed by atoms with Crippen LogP contribution in [0.1, 0.15) is 90.9 Å². The summed E-state index contributed by atoms with van der Waals surface area (Å²) >= 11 is 0. The van der Waals surface area contributed by atoms with E-state index in [1.54, 1.807) is 0 Å². The largest absolute Gasteiger partial charge is 0.0914 e. The van der Waals surface area contributed by atoms with Crippen LogP contribution in [0.3, 0.4) is 0 Å². The van der Waals surface area contributed by atoms with Crippen LogP contribution in [0.25, 0.3) is 0 Å². The molecule has 0 heteroatoms. The molecule has 0 aromatic heterocycles. The first-order valence-electron chi connectivity index (χ1n) is 7.86. The van der Waals surface area contributed by atoms with E-state index in [1.165, 1.54) is 77.0 Å². The molecule has 0 N–H and O–H groups in total. The Balaban J connectivity index is 2.89. The Morgan fingerprint density at radius 3 is 1.59 bits per heavy atom. The van der Waals surface area contributed by atoms with E-state index in [9.17, 15) is 0 Å². The van der Waals surface area contributed by atoms with Crippen LogP contribution in [0.2, 0.25) is 0 Å². The van der Waals surface area contributed by atoms with Crippen molar-refractivity contribution in [1.29, 1.82) is 0 Å². The summed E-state index contributed by atoms with van der Waals surface area (Å²) in [5, 5.41) is 0. The molecule has 0 saturated carbocycles. The predicted molar refractivity (Wildman–Crippen MR) is 80.2 cm³/mol. The summed E-state index contributed by atoms with van der Waals surface area (Å²) < 4.78 is 0. The minimum Gasteiger partial charge on any atom is -0.0914 e. The maximum absolute atomic E-state index is 2.29. The van der Waals surface area contributed by atoms with Crippen molar-refractivity contribution in [1.82, 2.24) is 0 Å². The van der Waals surface area contributed by atoms with Gasteiger partial charge in [-0.15, -0.1) is 0 Å². The molecule has 0 nitrogen and oxygen atoms in total. The van der Waals surface area contributed by atoms with Gasteiger partial charge in [-0.2, -0.15) is 0 Å². The zero-order chi connectivity index (χ0) is 12.6. The normalized spacial score (nSPS) is 11.4. The summed E-state index contributed by atoms with van der Waals surface area (Å²) in [6, 6.07) is 0. The van der Waals surface area contributed by atoms with Gasteiger partial charge in [-0.3, -0.25) is 0 Å². The third-order valence-corrected chi connectivity index (χ3v) is 3.30. The molecule has 0 aromatic carbocycles. The molecule has 17 heavy (non-hydrogen) atoms. The van der Waals surface area contributed by atoms with Gasteiger partial charge in [-0.25, -0.2) is 0 Å². The molecule has 0 aromatic rings. The molecule has 0 bridgehead atoms. The Hall–Kier alpha value is -0.260. The van der Waals surface area contributed by atoms with Gasteiger partial charge in [-0.1, -0.05) is 89.7 Å². The second kappa shape index (κ2) is 15.7. The first kappa shape index (κ1) is 16.7. The van der Waals surface area contributed by atoms with E-state index >= 15 is 0 Å². The number of allylic oxidation sites excluding steroid dienone is 2. The van der Waals surface area contributed by atoms with Crippen LogP contribution in [-0.4, -0.2) is 0 Å². The molecule has 0 fully saturated rings.